The van der Waals surface area contributed by atoms with Gasteiger partial charge in [-0.05, 0) is 25.1 Å². The molecule has 28 heavy (non-hydrogen) atoms. The lowest BCUT2D eigenvalue weighted by atomic mass is 10.2. The summed E-state index contributed by atoms with van der Waals surface area (Å²) in [6.45, 7) is 3.46. The van der Waals surface area contributed by atoms with E-state index < -0.39 is 12.1 Å². The maximum atomic E-state index is 12.3. The molecule has 2 rings (SSSR count). The first-order valence-electron chi connectivity index (χ1n) is 8.92. The first-order chi connectivity index (χ1) is 13.3. The summed E-state index contributed by atoms with van der Waals surface area (Å²) in [5.74, 6) is -0.502. The minimum Gasteiger partial charge on any atom is -0.493 e. The predicted octanol–water partition coefficient (Wildman–Crippen LogP) is 0.566. The minimum absolute atomic E-state index is 0.144. The summed E-state index contributed by atoms with van der Waals surface area (Å²) in [7, 11) is 4.60. The highest BCUT2D eigenvalue weighted by Gasteiger charge is 2.22. The van der Waals surface area contributed by atoms with Crippen LogP contribution in [0.3, 0.4) is 0 Å². The number of hydrogen-bond acceptors (Lipinski definition) is 7. The molecule has 0 radical (unpaired) electrons. The SMILES string of the molecule is COc1cc(C(=O)O[C@@H](C)C(=O)N(C)C)ccc1OCC(=O)N1CCOCC1. The summed E-state index contributed by atoms with van der Waals surface area (Å²) in [4.78, 5) is 39.3. The van der Waals surface area contributed by atoms with Crippen molar-refractivity contribution in [3.8, 4) is 11.5 Å². The van der Waals surface area contributed by atoms with Gasteiger partial charge in [0.05, 0.1) is 25.9 Å². The van der Waals surface area contributed by atoms with Crippen LogP contribution in [0.1, 0.15) is 17.3 Å². The monoisotopic (exact) mass is 394 g/mol. The normalized spacial score (nSPS) is 14.8. The number of carbonyl (C=O) groups excluding carboxylic acids is 3. The van der Waals surface area contributed by atoms with Crippen molar-refractivity contribution in [2.24, 2.45) is 0 Å². The molecule has 2 amide bonds. The van der Waals surface area contributed by atoms with Crippen molar-refractivity contribution in [2.75, 3.05) is 54.1 Å². The molecule has 9 heteroatoms. The molecule has 9 nitrogen and oxygen atoms in total. The minimum atomic E-state index is -0.907. The largest absolute Gasteiger partial charge is 0.493 e. The average molecular weight is 394 g/mol. The lowest BCUT2D eigenvalue weighted by Gasteiger charge is -2.26. The Hall–Kier alpha value is -2.81. The highest BCUT2D eigenvalue weighted by Crippen LogP contribution is 2.28. The topological polar surface area (TPSA) is 94.6 Å². The molecule has 1 heterocycles. The average Bonchev–Trinajstić information content (AvgIpc) is 2.71. The molecule has 1 aliphatic heterocycles. The van der Waals surface area contributed by atoms with Gasteiger partial charge in [0, 0.05) is 27.2 Å². The van der Waals surface area contributed by atoms with Gasteiger partial charge in [-0.15, -0.1) is 0 Å². The third kappa shape index (κ3) is 5.59. The zero-order chi connectivity index (χ0) is 20.7. The summed E-state index contributed by atoms with van der Waals surface area (Å²) >= 11 is 0. The van der Waals surface area contributed by atoms with Gasteiger partial charge in [-0.2, -0.15) is 0 Å². The molecule has 1 aromatic carbocycles. The molecule has 0 bridgehead atoms. The Kier molecular flexibility index (Phi) is 7.62. The fraction of sp³-hybridized carbons (Fsp3) is 0.526. The van der Waals surface area contributed by atoms with Crippen LogP contribution in [-0.2, 0) is 19.1 Å². The number of carbonyl (C=O) groups is 3. The van der Waals surface area contributed by atoms with Crippen LogP contribution in [0.2, 0.25) is 0 Å². The van der Waals surface area contributed by atoms with Gasteiger partial charge in [-0.3, -0.25) is 9.59 Å². The lowest BCUT2D eigenvalue weighted by molar-refractivity contribution is -0.137. The molecule has 0 N–H and O–H groups in total. The standard InChI is InChI=1S/C19H26N2O7/c1-13(18(23)20(2)3)28-19(24)14-5-6-15(16(11-14)25-4)27-12-17(22)21-7-9-26-10-8-21/h5-6,11,13H,7-10,12H2,1-4H3/t13-/m0/s1. The van der Waals surface area contributed by atoms with E-state index in [0.717, 1.165) is 0 Å². The van der Waals surface area contributed by atoms with E-state index >= 15 is 0 Å². The fourth-order valence-electron chi connectivity index (χ4n) is 2.60. The Morgan fingerprint density at radius 3 is 2.46 bits per heavy atom. The molecule has 0 saturated carbocycles. The second kappa shape index (κ2) is 9.93. The Morgan fingerprint density at radius 2 is 1.86 bits per heavy atom. The molecule has 0 aliphatic carbocycles. The van der Waals surface area contributed by atoms with Gasteiger partial charge in [-0.25, -0.2) is 4.79 Å². The van der Waals surface area contributed by atoms with E-state index in [1.165, 1.54) is 37.1 Å². The second-order valence-electron chi connectivity index (χ2n) is 6.43. The van der Waals surface area contributed by atoms with E-state index in [0.29, 0.717) is 32.1 Å². The number of esters is 1. The van der Waals surface area contributed by atoms with Crippen molar-refractivity contribution in [3.63, 3.8) is 0 Å². The molecule has 0 aromatic heterocycles. The van der Waals surface area contributed by atoms with Crippen LogP contribution in [0.5, 0.6) is 11.5 Å². The van der Waals surface area contributed by atoms with E-state index in [9.17, 15) is 14.4 Å². The highest BCUT2D eigenvalue weighted by molar-refractivity contribution is 5.92. The van der Waals surface area contributed by atoms with Crippen molar-refractivity contribution >= 4 is 17.8 Å². The number of hydrogen-bond donors (Lipinski definition) is 0. The Balaban J connectivity index is 1.99. The van der Waals surface area contributed by atoms with E-state index in [-0.39, 0.29) is 29.7 Å². The molecule has 0 unspecified atom stereocenters. The maximum absolute atomic E-state index is 12.3. The summed E-state index contributed by atoms with van der Waals surface area (Å²) in [5, 5.41) is 0. The first-order valence-corrected chi connectivity index (χ1v) is 8.92. The van der Waals surface area contributed by atoms with E-state index in [1.54, 1.807) is 19.0 Å². The van der Waals surface area contributed by atoms with Gasteiger partial charge in [0.2, 0.25) is 0 Å². The van der Waals surface area contributed by atoms with E-state index in [2.05, 4.69) is 0 Å². The number of likely N-dealkylation sites (N-methyl/N-ethyl adjacent to an activating group) is 1. The van der Waals surface area contributed by atoms with Crippen molar-refractivity contribution in [1.82, 2.24) is 9.80 Å². The molecule has 1 fully saturated rings. The second-order valence-corrected chi connectivity index (χ2v) is 6.43. The van der Waals surface area contributed by atoms with Crippen LogP contribution < -0.4 is 9.47 Å². The van der Waals surface area contributed by atoms with Gasteiger partial charge >= 0.3 is 5.97 Å². The fourth-order valence-corrected chi connectivity index (χ4v) is 2.60. The first kappa shape index (κ1) is 21.5. The molecule has 154 valence electrons. The van der Waals surface area contributed by atoms with Crippen molar-refractivity contribution < 1.29 is 33.3 Å². The maximum Gasteiger partial charge on any atom is 0.339 e. The van der Waals surface area contributed by atoms with Crippen LogP contribution in [0.15, 0.2) is 18.2 Å². The smallest absolute Gasteiger partial charge is 0.339 e. The molecular formula is C19H26N2O7. The summed E-state index contributed by atoms with van der Waals surface area (Å²) < 4.78 is 21.2. The lowest BCUT2D eigenvalue weighted by Crippen LogP contribution is -2.43. The molecule has 1 atom stereocenters. The number of rotatable bonds is 7. The highest BCUT2D eigenvalue weighted by atomic mass is 16.5. The van der Waals surface area contributed by atoms with Crippen LogP contribution in [0, 0.1) is 0 Å². The summed E-state index contributed by atoms with van der Waals surface area (Å²) in [6.07, 6.45) is -0.907. The number of ether oxygens (including phenoxy) is 4. The van der Waals surface area contributed by atoms with Crippen LogP contribution in [0.4, 0.5) is 0 Å². The number of amides is 2. The van der Waals surface area contributed by atoms with Gasteiger partial charge in [0.1, 0.15) is 0 Å². The molecule has 1 aliphatic rings. The van der Waals surface area contributed by atoms with Gasteiger partial charge < -0.3 is 28.7 Å². The molecule has 1 saturated heterocycles. The van der Waals surface area contributed by atoms with Gasteiger partial charge in [0.15, 0.2) is 24.2 Å². The van der Waals surface area contributed by atoms with Crippen LogP contribution in [-0.4, -0.2) is 87.8 Å². The van der Waals surface area contributed by atoms with Crippen molar-refractivity contribution in [1.29, 1.82) is 0 Å². The van der Waals surface area contributed by atoms with E-state index in [1.807, 2.05) is 0 Å². The number of benzene rings is 1. The summed E-state index contributed by atoms with van der Waals surface area (Å²) in [5.41, 5.74) is 0.210. The van der Waals surface area contributed by atoms with Crippen molar-refractivity contribution in [3.05, 3.63) is 23.8 Å². The Morgan fingerprint density at radius 1 is 1.18 bits per heavy atom. The Bertz CT molecular complexity index is 714. The van der Waals surface area contributed by atoms with Crippen LogP contribution in [0.25, 0.3) is 0 Å². The zero-order valence-electron chi connectivity index (χ0n) is 16.6. The number of nitrogens with zero attached hydrogens (tertiary/aromatic N) is 2. The predicted molar refractivity (Wildman–Crippen MR) is 99.5 cm³/mol. The van der Waals surface area contributed by atoms with Gasteiger partial charge in [0.25, 0.3) is 11.8 Å². The molecule has 0 spiro atoms. The Labute approximate surface area is 164 Å². The van der Waals surface area contributed by atoms with Crippen LogP contribution >= 0.6 is 0 Å². The third-order valence-electron chi connectivity index (χ3n) is 4.19. The summed E-state index contributed by atoms with van der Waals surface area (Å²) in [6, 6.07) is 4.47. The number of morpholine rings is 1. The molecular weight excluding hydrogens is 368 g/mol. The third-order valence-corrected chi connectivity index (χ3v) is 4.19. The zero-order valence-corrected chi connectivity index (χ0v) is 16.6. The van der Waals surface area contributed by atoms with Gasteiger partial charge in [-0.1, -0.05) is 0 Å². The number of methoxy groups -OCH3 is 1. The van der Waals surface area contributed by atoms with Crippen molar-refractivity contribution in [2.45, 2.75) is 13.0 Å². The van der Waals surface area contributed by atoms with E-state index in [4.69, 9.17) is 18.9 Å². The quantitative estimate of drug-likeness (QED) is 0.624. The molecule has 1 aromatic rings.